The predicted molar refractivity (Wildman–Crippen MR) is 68.5 cm³/mol. The highest BCUT2D eigenvalue weighted by Crippen LogP contribution is 2.03. The molecule has 16 heavy (non-hydrogen) atoms. The number of nitrogens with zero attached hydrogens (tertiary/aromatic N) is 2. The van der Waals surface area contributed by atoms with Gasteiger partial charge < -0.3 is 15.1 Å². The first-order valence-corrected chi connectivity index (χ1v) is 6.11. The van der Waals surface area contributed by atoms with Crippen LogP contribution in [0.1, 0.15) is 20.3 Å². The van der Waals surface area contributed by atoms with Crippen LogP contribution >= 0.6 is 0 Å². The molecule has 0 aromatic carbocycles. The summed E-state index contributed by atoms with van der Waals surface area (Å²) < 4.78 is 0. The van der Waals surface area contributed by atoms with Gasteiger partial charge in [0.25, 0.3) is 0 Å². The summed E-state index contributed by atoms with van der Waals surface area (Å²) in [6, 6.07) is 0. The van der Waals surface area contributed by atoms with E-state index in [1.807, 2.05) is 33.0 Å². The highest BCUT2D eigenvalue weighted by Gasteiger charge is 2.18. The Kier molecular flexibility index (Phi) is 8.21. The molecule has 4 nitrogen and oxygen atoms in total. The van der Waals surface area contributed by atoms with E-state index in [2.05, 4.69) is 17.1 Å². The molecule has 0 saturated carbocycles. The first kappa shape index (κ1) is 15.4. The second-order valence-corrected chi connectivity index (χ2v) is 4.59. The predicted octanol–water partition coefficient (Wildman–Crippen LogP) is 0.642. The van der Waals surface area contributed by atoms with Crippen LogP contribution in [0.25, 0.3) is 0 Å². The molecule has 1 N–H and O–H groups in total. The Hall–Kier alpha value is -0.610. The molecule has 0 fully saturated rings. The fourth-order valence-electron chi connectivity index (χ4n) is 1.63. The van der Waals surface area contributed by atoms with E-state index in [0.29, 0.717) is 0 Å². The number of nitrogens with one attached hydrogen (secondary N) is 1. The van der Waals surface area contributed by atoms with Gasteiger partial charge in [0.05, 0.1) is 0 Å². The van der Waals surface area contributed by atoms with Gasteiger partial charge in [-0.05, 0) is 27.6 Å². The monoisotopic (exact) mass is 229 g/mol. The second-order valence-electron chi connectivity index (χ2n) is 4.59. The Labute approximate surface area is 100.0 Å². The minimum Gasteiger partial charge on any atom is -0.341 e. The standard InChI is InChI=1S/C12H27N3O/c1-6-7-15(9-8-14(4)5)12(16)11(2)10-13-3/h11,13H,6-10H2,1-5H3. The number of hydrogen-bond acceptors (Lipinski definition) is 3. The number of carbonyl (C=O) groups excluding carboxylic acids is 1. The summed E-state index contributed by atoms with van der Waals surface area (Å²) in [4.78, 5) is 16.2. The van der Waals surface area contributed by atoms with Gasteiger partial charge in [0.2, 0.25) is 5.91 Å². The summed E-state index contributed by atoms with van der Waals surface area (Å²) in [6.45, 7) is 7.46. The molecule has 0 aromatic rings. The lowest BCUT2D eigenvalue weighted by molar-refractivity contribution is -0.135. The van der Waals surface area contributed by atoms with Gasteiger partial charge in [0.1, 0.15) is 0 Å². The molecule has 0 aromatic heterocycles. The fourth-order valence-corrected chi connectivity index (χ4v) is 1.63. The van der Waals surface area contributed by atoms with Gasteiger partial charge in [0, 0.05) is 32.1 Å². The zero-order valence-electron chi connectivity index (χ0n) is 11.4. The van der Waals surface area contributed by atoms with Gasteiger partial charge >= 0.3 is 0 Å². The van der Waals surface area contributed by atoms with Gasteiger partial charge in [-0.25, -0.2) is 0 Å². The van der Waals surface area contributed by atoms with E-state index in [0.717, 1.165) is 32.6 Å². The van der Waals surface area contributed by atoms with Crippen LogP contribution in [-0.4, -0.2) is 63.0 Å². The van der Waals surface area contributed by atoms with Crippen molar-refractivity contribution >= 4 is 5.91 Å². The molecule has 0 radical (unpaired) electrons. The third-order valence-corrected chi connectivity index (χ3v) is 2.55. The number of likely N-dealkylation sites (N-methyl/N-ethyl adjacent to an activating group) is 1. The molecule has 4 heteroatoms. The van der Waals surface area contributed by atoms with Gasteiger partial charge in [0.15, 0.2) is 0 Å². The molecular formula is C12H27N3O. The van der Waals surface area contributed by atoms with Crippen molar-refractivity contribution in [2.45, 2.75) is 20.3 Å². The van der Waals surface area contributed by atoms with Crippen LogP contribution in [0, 0.1) is 5.92 Å². The van der Waals surface area contributed by atoms with Crippen LogP contribution in [0.2, 0.25) is 0 Å². The molecule has 0 aliphatic carbocycles. The van der Waals surface area contributed by atoms with Crippen molar-refractivity contribution in [2.24, 2.45) is 5.92 Å². The topological polar surface area (TPSA) is 35.6 Å². The molecule has 0 aliphatic rings. The summed E-state index contributed by atoms with van der Waals surface area (Å²) in [6.07, 6.45) is 1.02. The lowest BCUT2D eigenvalue weighted by Crippen LogP contribution is -2.42. The highest BCUT2D eigenvalue weighted by atomic mass is 16.2. The number of rotatable bonds is 8. The second kappa shape index (κ2) is 8.53. The zero-order valence-corrected chi connectivity index (χ0v) is 11.4. The van der Waals surface area contributed by atoms with Crippen LogP contribution in [-0.2, 0) is 4.79 Å². The summed E-state index contributed by atoms with van der Waals surface area (Å²) in [7, 11) is 5.95. The van der Waals surface area contributed by atoms with Crippen LogP contribution in [0.15, 0.2) is 0 Å². The number of amides is 1. The molecule has 1 atom stereocenters. The number of carbonyl (C=O) groups is 1. The van der Waals surface area contributed by atoms with Crippen molar-refractivity contribution in [3.8, 4) is 0 Å². The Morgan fingerprint density at radius 1 is 1.25 bits per heavy atom. The van der Waals surface area contributed by atoms with Gasteiger partial charge in [-0.1, -0.05) is 13.8 Å². The van der Waals surface area contributed by atoms with Crippen LogP contribution < -0.4 is 5.32 Å². The SMILES string of the molecule is CCCN(CCN(C)C)C(=O)C(C)CNC. The smallest absolute Gasteiger partial charge is 0.226 e. The van der Waals surface area contributed by atoms with Crippen molar-refractivity contribution in [1.82, 2.24) is 15.1 Å². The van der Waals surface area contributed by atoms with Crippen molar-refractivity contribution in [1.29, 1.82) is 0 Å². The molecule has 0 bridgehead atoms. The summed E-state index contributed by atoms with van der Waals surface area (Å²) in [5.41, 5.74) is 0. The maximum Gasteiger partial charge on any atom is 0.226 e. The average molecular weight is 229 g/mol. The number of hydrogen-bond donors (Lipinski definition) is 1. The summed E-state index contributed by atoms with van der Waals surface area (Å²) >= 11 is 0. The minimum atomic E-state index is 0.0683. The summed E-state index contributed by atoms with van der Waals surface area (Å²) in [5, 5.41) is 3.05. The van der Waals surface area contributed by atoms with Gasteiger partial charge in [-0.3, -0.25) is 4.79 Å². The minimum absolute atomic E-state index is 0.0683. The fraction of sp³-hybridized carbons (Fsp3) is 0.917. The zero-order chi connectivity index (χ0) is 12.6. The van der Waals surface area contributed by atoms with Crippen LogP contribution in [0.4, 0.5) is 0 Å². The molecule has 1 amide bonds. The first-order chi connectivity index (χ1) is 7.52. The molecule has 0 saturated heterocycles. The van der Waals surface area contributed by atoms with Crippen molar-refractivity contribution in [2.75, 3.05) is 47.3 Å². The van der Waals surface area contributed by atoms with Gasteiger partial charge in [-0.15, -0.1) is 0 Å². The van der Waals surface area contributed by atoms with E-state index in [4.69, 9.17) is 0 Å². The molecular weight excluding hydrogens is 202 g/mol. The molecule has 96 valence electrons. The van der Waals surface area contributed by atoms with Crippen molar-refractivity contribution in [3.63, 3.8) is 0 Å². The molecule has 0 aliphatic heterocycles. The average Bonchev–Trinajstić information content (AvgIpc) is 2.23. The Balaban J connectivity index is 4.22. The van der Waals surface area contributed by atoms with E-state index in [1.54, 1.807) is 0 Å². The Morgan fingerprint density at radius 2 is 1.88 bits per heavy atom. The third-order valence-electron chi connectivity index (χ3n) is 2.55. The third kappa shape index (κ3) is 6.08. The molecule has 0 heterocycles. The Bertz CT molecular complexity index is 195. The maximum absolute atomic E-state index is 12.1. The van der Waals surface area contributed by atoms with E-state index >= 15 is 0 Å². The van der Waals surface area contributed by atoms with Gasteiger partial charge in [-0.2, -0.15) is 0 Å². The highest BCUT2D eigenvalue weighted by molar-refractivity contribution is 5.78. The maximum atomic E-state index is 12.1. The Morgan fingerprint density at radius 3 is 2.31 bits per heavy atom. The van der Waals surface area contributed by atoms with E-state index in [1.165, 1.54) is 0 Å². The molecule has 1 unspecified atom stereocenters. The van der Waals surface area contributed by atoms with E-state index in [-0.39, 0.29) is 11.8 Å². The molecule has 0 spiro atoms. The van der Waals surface area contributed by atoms with E-state index in [9.17, 15) is 4.79 Å². The molecule has 0 rings (SSSR count). The summed E-state index contributed by atoms with van der Waals surface area (Å²) in [5.74, 6) is 0.330. The van der Waals surface area contributed by atoms with Crippen LogP contribution in [0.3, 0.4) is 0 Å². The van der Waals surface area contributed by atoms with Crippen molar-refractivity contribution in [3.05, 3.63) is 0 Å². The normalized spacial score (nSPS) is 12.9. The first-order valence-electron chi connectivity index (χ1n) is 6.11. The largest absolute Gasteiger partial charge is 0.341 e. The quantitative estimate of drug-likeness (QED) is 0.663. The lowest BCUT2D eigenvalue weighted by atomic mass is 10.1. The lowest BCUT2D eigenvalue weighted by Gasteiger charge is -2.26. The van der Waals surface area contributed by atoms with E-state index < -0.39 is 0 Å². The van der Waals surface area contributed by atoms with Crippen LogP contribution in [0.5, 0.6) is 0 Å². The van der Waals surface area contributed by atoms with Crippen molar-refractivity contribution < 1.29 is 4.79 Å².